The van der Waals surface area contributed by atoms with Gasteiger partial charge in [-0.2, -0.15) is 0 Å². The summed E-state index contributed by atoms with van der Waals surface area (Å²) in [5, 5.41) is 0. The van der Waals surface area contributed by atoms with E-state index in [1.54, 1.807) is 0 Å². The number of aromatic nitrogens is 2. The van der Waals surface area contributed by atoms with E-state index in [4.69, 9.17) is 12.2 Å². The van der Waals surface area contributed by atoms with Crippen LogP contribution in [0.4, 0.5) is 0 Å². The molecule has 2 rings (SSSR count). The Labute approximate surface area is 103 Å². The third-order valence-electron chi connectivity index (χ3n) is 3.48. The second-order valence-corrected chi connectivity index (χ2v) is 5.42. The van der Waals surface area contributed by atoms with Crippen LogP contribution in [0.1, 0.15) is 69.0 Å². The van der Waals surface area contributed by atoms with Crippen LogP contribution in [0.3, 0.4) is 0 Å². The Morgan fingerprint density at radius 3 is 2.62 bits per heavy atom. The first-order valence-electron chi connectivity index (χ1n) is 6.28. The van der Waals surface area contributed by atoms with Crippen molar-refractivity contribution in [3.8, 4) is 0 Å². The molecule has 0 aliphatic heterocycles. The predicted octanol–water partition coefficient (Wildman–Crippen LogP) is 4.31. The molecule has 1 heterocycles. The lowest BCUT2D eigenvalue weighted by Gasteiger charge is -2.24. The number of aromatic amines is 1. The van der Waals surface area contributed by atoms with Crippen LogP contribution < -0.4 is 0 Å². The van der Waals surface area contributed by atoms with Crippen LogP contribution >= 0.6 is 12.2 Å². The molecular formula is C13H20N2S. The Kier molecular flexibility index (Phi) is 3.74. The Morgan fingerprint density at radius 1 is 1.31 bits per heavy atom. The van der Waals surface area contributed by atoms with E-state index in [2.05, 4.69) is 30.0 Å². The fourth-order valence-corrected chi connectivity index (χ4v) is 2.74. The maximum Gasteiger partial charge on any atom is 0.197 e. The highest BCUT2D eigenvalue weighted by Crippen LogP contribution is 2.34. The Hall–Kier alpha value is -0.700. The van der Waals surface area contributed by atoms with Crippen LogP contribution in [0.15, 0.2) is 6.20 Å². The summed E-state index contributed by atoms with van der Waals surface area (Å²) < 4.78 is 0.630. The molecule has 0 atom stereocenters. The molecule has 0 aromatic carbocycles. The second kappa shape index (κ2) is 5.09. The predicted molar refractivity (Wildman–Crippen MR) is 69.3 cm³/mol. The van der Waals surface area contributed by atoms with E-state index >= 15 is 0 Å². The standard InChI is InChI=1S/C13H20N2S/c1-9(2)11-8-14-13(16)15-12(11)10-6-4-3-5-7-10/h8-10H,3-7H2,1-2H3,(H,14,15,16). The highest BCUT2D eigenvalue weighted by atomic mass is 32.1. The van der Waals surface area contributed by atoms with Gasteiger partial charge in [-0.3, -0.25) is 0 Å². The van der Waals surface area contributed by atoms with Crippen LogP contribution in [-0.2, 0) is 0 Å². The number of nitrogens with one attached hydrogen (secondary N) is 1. The summed E-state index contributed by atoms with van der Waals surface area (Å²) in [6.07, 6.45) is 8.69. The minimum Gasteiger partial charge on any atom is -0.337 e. The van der Waals surface area contributed by atoms with Crippen molar-refractivity contribution in [3.05, 3.63) is 22.2 Å². The summed E-state index contributed by atoms with van der Waals surface area (Å²) >= 11 is 5.15. The number of hydrogen-bond acceptors (Lipinski definition) is 2. The summed E-state index contributed by atoms with van der Waals surface area (Å²) in [4.78, 5) is 7.64. The van der Waals surface area contributed by atoms with Crippen molar-refractivity contribution >= 4 is 12.2 Å². The summed E-state index contributed by atoms with van der Waals surface area (Å²) in [6, 6.07) is 0. The van der Waals surface area contributed by atoms with E-state index in [0.29, 0.717) is 16.6 Å². The Bertz CT molecular complexity index is 403. The Morgan fingerprint density at radius 2 is 2.00 bits per heavy atom. The van der Waals surface area contributed by atoms with E-state index < -0.39 is 0 Å². The van der Waals surface area contributed by atoms with Crippen molar-refractivity contribution in [1.82, 2.24) is 9.97 Å². The van der Waals surface area contributed by atoms with Crippen LogP contribution in [0.5, 0.6) is 0 Å². The van der Waals surface area contributed by atoms with Gasteiger partial charge in [-0.1, -0.05) is 33.1 Å². The van der Waals surface area contributed by atoms with Crippen LogP contribution in [0.2, 0.25) is 0 Å². The molecule has 1 aromatic heterocycles. The molecule has 16 heavy (non-hydrogen) atoms. The Balaban J connectivity index is 2.36. The summed E-state index contributed by atoms with van der Waals surface area (Å²) in [5.74, 6) is 1.17. The first kappa shape index (κ1) is 11.8. The molecule has 0 saturated heterocycles. The van der Waals surface area contributed by atoms with Gasteiger partial charge in [-0.25, -0.2) is 4.98 Å². The van der Waals surface area contributed by atoms with E-state index in [9.17, 15) is 0 Å². The lowest BCUT2D eigenvalue weighted by Crippen LogP contribution is -2.11. The molecule has 3 heteroatoms. The number of H-pyrrole nitrogens is 1. The minimum atomic E-state index is 0.524. The SMILES string of the molecule is CC(C)c1c[nH]c(=S)nc1C1CCCCC1. The monoisotopic (exact) mass is 236 g/mol. The van der Waals surface area contributed by atoms with Crippen molar-refractivity contribution in [2.75, 3.05) is 0 Å². The first-order chi connectivity index (χ1) is 7.68. The maximum absolute atomic E-state index is 5.15. The maximum atomic E-state index is 5.15. The average Bonchev–Trinajstić information content (AvgIpc) is 2.29. The molecule has 0 spiro atoms. The molecule has 0 radical (unpaired) electrons. The van der Waals surface area contributed by atoms with Gasteiger partial charge in [0.05, 0.1) is 5.69 Å². The van der Waals surface area contributed by atoms with Crippen LogP contribution in [0, 0.1) is 4.77 Å². The summed E-state index contributed by atoms with van der Waals surface area (Å²) in [7, 11) is 0. The quantitative estimate of drug-likeness (QED) is 0.775. The van der Waals surface area contributed by atoms with Gasteiger partial charge in [-0.15, -0.1) is 0 Å². The van der Waals surface area contributed by atoms with Gasteiger partial charge >= 0.3 is 0 Å². The zero-order valence-electron chi connectivity index (χ0n) is 10.1. The third kappa shape index (κ3) is 2.51. The van der Waals surface area contributed by atoms with Gasteiger partial charge in [0.15, 0.2) is 4.77 Å². The third-order valence-corrected chi connectivity index (χ3v) is 3.69. The highest BCUT2D eigenvalue weighted by Gasteiger charge is 2.20. The summed E-state index contributed by atoms with van der Waals surface area (Å²) in [5.41, 5.74) is 2.61. The second-order valence-electron chi connectivity index (χ2n) is 5.04. The molecule has 1 fully saturated rings. The van der Waals surface area contributed by atoms with Crippen molar-refractivity contribution in [2.24, 2.45) is 0 Å². The molecule has 88 valence electrons. The molecule has 1 aliphatic carbocycles. The fraction of sp³-hybridized carbons (Fsp3) is 0.692. The zero-order valence-corrected chi connectivity index (χ0v) is 10.9. The van der Waals surface area contributed by atoms with Gasteiger partial charge in [0.1, 0.15) is 0 Å². The van der Waals surface area contributed by atoms with Gasteiger partial charge < -0.3 is 4.98 Å². The fourth-order valence-electron chi connectivity index (χ4n) is 2.59. The van der Waals surface area contributed by atoms with Crippen molar-refractivity contribution in [2.45, 2.75) is 57.8 Å². The number of hydrogen-bond donors (Lipinski definition) is 1. The average molecular weight is 236 g/mol. The molecule has 2 nitrogen and oxygen atoms in total. The van der Waals surface area contributed by atoms with Gasteiger partial charge in [-0.05, 0) is 36.5 Å². The van der Waals surface area contributed by atoms with Crippen molar-refractivity contribution in [1.29, 1.82) is 0 Å². The molecule has 0 unspecified atom stereocenters. The van der Waals surface area contributed by atoms with Crippen LogP contribution in [-0.4, -0.2) is 9.97 Å². The van der Waals surface area contributed by atoms with Crippen molar-refractivity contribution < 1.29 is 0 Å². The van der Waals surface area contributed by atoms with Gasteiger partial charge in [0.2, 0.25) is 0 Å². The normalized spacial score (nSPS) is 17.9. The molecule has 1 aliphatic rings. The molecule has 0 amide bonds. The number of rotatable bonds is 2. The van der Waals surface area contributed by atoms with E-state index in [1.807, 2.05) is 0 Å². The minimum absolute atomic E-state index is 0.524. The molecule has 1 saturated carbocycles. The van der Waals surface area contributed by atoms with Crippen molar-refractivity contribution in [3.63, 3.8) is 0 Å². The first-order valence-corrected chi connectivity index (χ1v) is 6.69. The molecular weight excluding hydrogens is 216 g/mol. The smallest absolute Gasteiger partial charge is 0.197 e. The van der Waals surface area contributed by atoms with Crippen LogP contribution in [0.25, 0.3) is 0 Å². The lowest BCUT2D eigenvalue weighted by atomic mass is 9.83. The molecule has 1 aromatic rings. The lowest BCUT2D eigenvalue weighted by molar-refractivity contribution is 0.432. The highest BCUT2D eigenvalue weighted by molar-refractivity contribution is 7.71. The largest absolute Gasteiger partial charge is 0.337 e. The summed E-state index contributed by atoms with van der Waals surface area (Å²) in [6.45, 7) is 4.44. The number of nitrogens with zero attached hydrogens (tertiary/aromatic N) is 1. The molecule has 1 N–H and O–H groups in total. The van der Waals surface area contributed by atoms with Gasteiger partial charge in [0, 0.05) is 12.1 Å². The zero-order chi connectivity index (χ0) is 11.5. The molecule has 0 bridgehead atoms. The van der Waals surface area contributed by atoms with Gasteiger partial charge in [0.25, 0.3) is 0 Å². The van der Waals surface area contributed by atoms with E-state index in [-0.39, 0.29) is 0 Å². The van der Waals surface area contributed by atoms with E-state index in [0.717, 1.165) is 0 Å². The van der Waals surface area contributed by atoms with E-state index in [1.165, 1.54) is 43.4 Å². The topological polar surface area (TPSA) is 28.7 Å².